The molecule has 3 atom stereocenters. The fourth-order valence-electron chi connectivity index (χ4n) is 3.39. The standard InChI is InChI=1S/C17H26FN/c1-12-11-17(3,4)9-8-16(12)19-13(2)14-6-5-7-15(18)10-14/h5-7,10,12-13,16,19H,8-9,11H2,1-4H3/t12?,13-,16?/m0/s1. The van der Waals surface area contributed by atoms with Gasteiger partial charge < -0.3 is 5.32 Å². The Kier molecular flexibility index (Phi) is 4.29. The zero-order valence-corrected chi connectivity index (χ0v) is 12.5. The first-order valence-electron chi connectivity index (χ1n) is 7.39. The van der Waals surface area contributed by atoms with Crippen molar-refractivity contribution in [3.63, 3.8) is 0 Å². The van der Waals surface area contributed by atoms with Crippen molar-refractivity contribution in [1.29, 1.82) is 0 Å². The van der Waals surface area contributed by atoms with E-state index in [4.69, 9.17) is 0 Å². The Morgan fingerprint density at radius 1 is 1.37 bits per heavy atom. The van der Waals surface area contributed by atoms with Crippen LogP contribution in [0, 0.1) is 17.2 Å². The summed E-state index contributed by atoms with van der Waals surface area (Å²) in [6.45, 7) is 9.17. The highest BCUT2D eigenvalue weighted by atomic mass is 19.1. The fraction of sp³-hybridized carbons (Fsp3) is 0.647. The lowest BCUT2D eigenvalue weighted by Gasteiger charge is -2.40. The zero-order valence-electron chi connectivity index (χ0n) is 12.5. The molecule has 1 aliphatic carbocycles. The number of hydrogen-bond donors (Lipinski definition) is 1. The van der Waals surface area contributed by atoms with Gasteiger partial charge in [0.2, 0.25) is 0 Å². The van der Waals surface area contributed by atoms with Crippen LogP contribution in [0.3, 0.4) is 0 Å². The van der Waals surface area contributed by atoms with Crippen LogP contribution in [-0.4, -0.2) is 6.04 Å². The quantitative estimate of drug-likeness (QED) is 0.834. The molecule has 106 valence electrons. The summed E-state index contributed by atoms with van der Waals surface area (Å²) in [6.07, 6.45) is 3.75. The normalized spacial score (nSPS) is 28.1. The van der Waals surface area contributed by atoms with E-state index in [0.717, 1.165) is 5.56 Å². The second-order valence-electron chi connectivity index (χ2n) is 6.93. The van der Waals surface area contributed by atoms with Crippen LogP contribution >= 0.6 is 0 Å². The summed E-state index contributed by atoms with van der Waals surface area (Å²) in [5.74, 6) is 0.531. The molecule has 1 aromatic carbocycles. The molecule has 1 saturated carbocycles. The summed E-state index contributed by atoms with van der Waals surface area (Å²) < 4.78 is 13.3. The molecule has 0 amide bonds. The van der Waals surface area contributed by atoms with Crippen molar-refractivity contribution in [2.45, 2.75) is 59.0 Å². The molecule has 0 radical (unpaired) electrons. The summed E-state index contributed by atoms with van der Waals surface area (Å²) in [5.41, 5.74) is 1.51. The van der Waals surface area contributed by atoms with E-state index in [-0.39, 0.29) is 11.9 Å². The van der Waals surface area contributed by atoms with Gasteiger partial charge in [-0.2, -0.15) is 0 Å². The molecule has 0 saturated heterocycles. The molecule has 0 bridgehead atoms. The van der Waals surface area contributed by atoms with E-state index in [1.54, 1.807) is 12.1 Å². The highest BCUT2D eigenvalue weighted by Gasteiger charge is 2.32. The SMILES string of the molecule is CC1CC(C)(C)CCC1N[C@@H](C)c1cccc(F)c1. The van der Waals surface area contributed by atoms with Crippen molar-refractivity contribution in [2.24, 2.45) is 11.3 Å². The van der Waals surface area contributed by atoms with Crippen LogP contribution in [0.1, 0.15) is 58.6 Å². The molecule has 0 aliphatic heterocycles. The molecule has 0 aromatic heterocycles. The molecule has 0 spiro atoms. The van der Waals surface area contributed by atoms with Crippen molar-refractivity contribution in [3.8, 4) is 0 Å². The minimum atomic E-state index is -0.149. The van der Waals surface area contributed by atoms with E-state index in [2.05, 4.69) is 33.0 Å². The number of nitrogens with one attached hydrogen (secondary N) is 1. The van der Waals surface area contributed by atoms with Gasteiger partial charge in [0, 0.05) is 12.1 Å². The van der Waals surface area contributed by atoms with Gasteiger partial charge in [0.25, 0.3) is 0 Å². The van der Waals surface area contributed by atoms with E-state index in [1.165, 1.54) is 25.3 Å². The minimum Gasteiger partial charge on any atom is -0.307 e. The summed E-state index contributed by atoms with van der Waals surface area (Å²) >= 11 is 0. The predicted molar refractivity (Wildman–Crippen MR) is 78.5 cm³/mol. The molecule has 2 unspecified atom stereocenters. The van der Waals surface area contributed by atoms with Crippen LogP contribution in [0.15, 0.2) is 24.3 Å². The van der Waals surface area contributed by atoms with E-state index in [1.807, 2.05) is 6.07 Å². The van der Waals surface area contributed by atoms with Crippen molar-refractivity contribution < 1.29 is 4.39 Å². The zero-order chi connectivity index (χ0) is 14.0. The van der Waals surface area contributed by atoms with Gasteiger partial charge in [-0.1, -0.05) is 32.9 Å². The second-order valence-corrected chi connectivity index (χ2v) is 6.93. The average molecular weight is 263 g/mol. The molecule has 19 heavy (non-hydrogen) atoms. The Hall–Kier alpha value is -0.890. The monoisotopic (exact) mass is 263 g/mol. The third kappa shape index (κ3) is 3.79. The highest BCUT2D eigenvalue weighted by Crippen LogP contribution is 2.39. The molecule has 1 fully saturated rings. The lowest BCUT2D eigenvalue weighted by atomic mass is 9.70. The fourth-order valence-corrected chi connectivity index (χ4v) is 3.39. The van der Waals surface area contributed by atoms with E-state index in [0.29, 0.717) is 17.4 Å². The largest absolute Gasteiger partial charge is 0.307 e. The lowest BCUT2D eigenvalue weighted by molar-refractivity contribution is 0.143. The van der Waals surface area contributed by atoms with Crippen LogP contribution < -0.4 is 5.32 Å². The Bertz CT molecular complexity index is 427. The highest BCUT2D eigenvalue weighted by molar-refractivity contribution is 5.19. The Morgan fingerprint density at radius 3 is 2.74 bits per heavy atom. The van der Waals surface area contributed by atoms with Crippen LogP contribution in [0.4, 0.5) is 4.39 Å². The van der Waals surface area contributed by atoms with E-state index in [9.17, 15) is 4.39 Å². The lowest BCUT2D eigenvalue weighted by Crippen LogP contribution is -2.42. The smallest absolute Gasteiger partial charge is 0.123 e. The number of hydrogen-bond acceptors (Lipinski definition) is 1. The minimum absolute atomic E-state index is 0.149. The first-order chi connectivity index (χ1) is 8.87. The molecular weight excluding hydrogens is 237 g/mol. The summed E-state index contributed by atoms with van der Waals surface area (Å²) in [6, 6.07) is 7.68. The van der Waals surface area contributed by atoms with Crippen molar-refractivity contribution in [3.05, 3.63) is 35.6 Å². The first-order valence-corrected chi connectivity index (χ1v) is 7.39. The van der Waals surface area contributed by atoms with Crippen molar-refractivity contribution in [2.75, 3.05) is 0 Å². The van der Waals surface area contributed by atoms with Gasteiger partial charge in [-0.15, -0.1) is 0 Å². The van der Waals surface area contributed by atoms with Crippen LogP contribution in [0.5, 0.6) is 0 Å². The van der Waals surface area contributed by atoms with Crippen molar-refractivity contribution >= 4 is 0 Å². The molecule has 1 N–H and O–H groups in total. The Labute approximate surface area is 116 Å². The van der Waals surface area contributed by atoms with E-state index < -0.39 is 0 Å². The van der Waals surface area contributed by atoms with Gasteiger partial charge in [-0.3, -0.25) is 0 Å². The van der Waals surface area contributed by atoms with Gasteiger partial charge in [0.05, 0.1) is 0 Å². The van der Waals surface area contributed by atoms with E-state index >= 15 is 0 Å². The maximum absolute atomic E-state index is 13.3. The maximum atomic E-state index is 13.3. The van der Waals surface area contributed by atoms with Crippen LogP contribution in [0.2, 0.25) is 0 Å². The summed E-state index contributed by atoms with van der Waals surface area (Å²) in [7, 11) is 0. The third-order valence-electron chi connectivity index (χ3n) is 4.51. The number of benzene rings is 1. The molecule has 0 heterocycles. The average Bonchev–Trinajstić information content (AvgIpc) is 2.32. The molecule has 1 nitrogen and oxygen atoms in total. The molecule has 1 aliphatic rings. The van der Waals surface area contributed by atoms with Crippen molar-refractivity contribution in [1.82, 2.24) is 5.32 Å². The van der Waals surface area contributed by atoms with Gasteiger partial charge in [-0.25, -0.2) is 4.39 Å². The third-order valence-corrected chi connectivity index (χ3v) is 4.51. The summed E-state index contributed by atoms with van der Waals surface area (Å²) in [4.78, 5) is 0. The van der Waals surface area contributed by atoms with Gasteiger partial charge in [-0.05, 0) is 55.2 Å². The Balaban J connectivity index is 1.98. The number of rotatable bonds is 3. The van der Waals surface area contributed by atoms with Gasteiger partial charge in [0.1, 0.15) is 5.82 Å². The first kappa shape index (κ1) is 14.5. The molecule has 2 rings (SSSR count). The Morgan fingerprint density at radius 2 is 2.11 bits per heavy atom. The topological polar surface area (TPSA) is 12.0 Å². The molecule has 2 heteroatoms. The predicted octanol–water partition coefficient (Wildman–Crippen LogP) is 4.69. The van der Waals surface area contributed by atoms with Gasteiger partial charge in [0.15, 0.2) is 0 Å². The maximum Gasteiger partial charge on any atom is 0.123 e. The molecule has 1 aromatic rings. The van der Waals surface area contributed by atoms with Gasteiger partial charge >= 0.3 is 0 Å². The summed E-state index contributed by atoms with van der Waals surface area (Å²) in [5, 5.41) is 3.68. The van der Waals surface area contributed by atoms with Crippen LogP contribution in [-0.2, 0) is 0 Å². The second kappa shape index (κ2) is 5.62. The number of halogens is 1. The van der Waals surface area contributed by atoms with Crippen LogP contribution in [0.25, 0.3) is 0 Å². The molecular formula is C17H26FN.